The van der Waals surface area contributed by atoms with Crippen molar-refractivity contribution in [2.75, 3.05) is 31.5 Å². The summed E-state index contributed by atoms with van der Waals surface area (Å²) in [5, 5.41) is 5.19. The summed E-state index contributed by atoms with van der Waals surface area (Å²) in [7, 11) is 0. The average Bonchev–Trinajstić information content (AvgIpc) is 3.10. The Labute approximate surface area is 153 Å². The van der Waals surface area contributed by atoms with Gasteiger partial charge >= 0.3 is 0 Å². The topological polar surface area (TPSA) is 82.6 Å². The number of benzene rings is 1. The highest BCUT2D eigenvalue weighted by Crippen LogP contribution is 2.19. The molecule has 2 aromatic rings. The first-order valence-electron chi connectivity index (χ1n) is 7.58. The van der Waals surface area contributed by atoms with Crippen LogP contribution in [0.25, 0.3) is 0 Å². The number of carbonyl (C=O) groups is 3. The highest BCUT2D eigenvalue weighted by atomic mass is 35.5. The maximum Gasteiger partial charge on any atom is 0.273 e. The van der Waals surface area contributed by atoms with Crippen molar-refractivity contribution in [1.82, 2.24) is 14.8 Å². The van der Waals surface area contributed by atoms with Crippen LogP contribution in [0.15, 0.2) is 29.6 Å². The van der Waals surface area contributed by atoms with Gasteiger partial charge in [-0.15, -0.1) is 11.3 Å². The molecular weight excluding hydrogens is 364 g/mol. The molecule has 0 atom stereocenters. The van der Waals surface area contributed by atoms with Crippen molar-refractivity contribution in [3.05, 3.63) is 45.9 Å². The fourth-order valence-electron chi connectivity index (χ4n) is 2.39. The van der Waals surface area contributed by atoms with Crippen molar-refractivity contribution >= 4 is 46.3 Å². The lowest BCUT2D eigenvalue weighted by Gasteiger charge is -2.32. The van der Waals surface area contributed by atoms with E-state index in [9.17, 15) is 14.4 Å². The molecule has 1 fully saturated rings. The molecule has 3 amide bonds. The zero-order valence-corrected chi connectivity index (χ0v) is 14.7. The van der Waals surface area contributed by atoms with Crippen molar-refractivity contribution in [3.8, 4) is 0 Å². The Hall–Kier alpha value is -2.45. The van der Waals surface area contributed by atoms with Gasteiger partial charge < -0.3 is 9.80 Å². The summed E-state index contributed by atoms with van der Waals surface area (Å²) in [4.78, 5) is 42.8. The number of rotatable bonds is 4. The van der Waals surface area contributed by atoms with Crippen LogP contribution < -0.4 is 5.32 Å². The second kappa shape index (κ2) is 7.62. The van der Waals surface area contributed by atoms with Gasteiger partial charge in [-0.3, -0.25) is 19.7 Å². The molecule has 1 aromatic carbocycles. The van der Waals surface area contributed by atoms with Gasteiger partial charge in [-0.05, 0) is 24.3 Å². The van der Waals surface area contributed by atoms with Gasteiger partial charge in [-0.25, -0.2) is 4.98 Å². The molecule has 0 aliphatic carbocycles. The minimum Gasteiger partial charge on any atom is -0.342 e. The third kappa shape index (κ3) is 4.15. The fourth-order valence-corrected chi connectivity index (χ4v) is 3.20. The second-order valence-corrected chi connectivity index (χ2v) is 6.73. The molecule has 3 rings (SSSR count). The number of amides is 3. The van der Waals surface area contributed by atoms with E-state index in [-0.39, 0.29) is 17.5 Å². The first-order chi connectivity index (χ1) is 12.1. The molecule has 9 heteroatoms. The predicted octanol–water partition coefficient (Wildman–Crippen LogP) is 1.96. The predicted molar refractivity (Wildman–Crippen MR) is 95.1 cm³/mol. The van der Waals surface area contributed by atoms with Crippen molar-refractivity contribution in [2.45, 2.75) is 0 Å². The smallest absolute Gasteiger partial charge is 0.273 e. The minimum absolute atomic E-state index is 0.200. The Balaban J connectivity index is 1.62. The molecule has 0 bridgehead atoms. The Morgan fingerprint density at radius 2 is 1.84 bits per heavy atom. The Morgan fingerprint density at radius 1 is 1.16 bits per heavy atom. The highest BCUT2D eigenvalue weighted by Gasteiger charge is 2.23. The largest absolute Gasteiger partial charge is 0.342 e. The monoisotopic (exact) mass is 378 g/mol. The van der Waals surface area contributed by atoms with Crippen LogP contribution in [0, 0.1) is 0 Å². The van der Waals surface area contributed by atoms with Gasteiger partial charge in [-0.2, -0.15) is 0 Å². The summed E-state index contributed by atoms with van der Waals surface area (Å²) in [6.45, 7) is 1.97. The van der Waals surface area contributed by atoms with Crippen LogP contribution in [0.4, 0.5) is 5.13 Å². The molecule has 1 aliphatic heterocycles. The summed E-state index contributed by atoms with van der Waals surface area (Å²) >= 11 is 6.99. The molecule has 130 valence electrons. The van der Waals surface area contributed by atoms with Gasteiger partial charge in [0.25, 0.3) is 11.8 Å². The van der Waals surface area contributed by atoms with Crippen molar-refractivity contribution in [1.29, 1.82) is 0 Å². The van der Waals surface area contributed by atoms with E-state index in [0.717, 1.165) is 6.41 Å². The number of halogens is 1. The van der Waals surface area contributed by atoms with Gasteiger partial charge in [0.2, 0.25) is 6.41 Å². The molecular formula is C16H15ClN4O3S. The number of nitrogens with one attached hydrogen (secondary N) is 1. The van der Waals surface area contributed by atoms with Gasteiger partial charge in [0.1, 0.15) is 5.69 Å². The molecule has 0 unspecified atom stereocenters. The molecule has 1 aromatic heterocycles. The number of hydrogen-bond donors (Lipinski definition) is 1. The van der Waals surface area contributed by atoms with E-state index in [1.807, 2.05) is 0 Å². The van der Waals surface area contributed by atoms with Crippen LogP contribution in [0.3, 0.4) is 0 Å². The summed E-state index contributed by atoms with van der Waals surface area (Å²) in [5.74, 6) is -0.515. The third-order valence-electron chi connectivity index (χ3n) is 3.80. The number of carbonyl (C=O) groups excluding carboxylic acids is 3. The van der Waals surface area contributed by atoms with Crippen molar-refractivity contribution < 1.29 is 14.4 Å². The number of nitrogens with zero attached hydrogens (tertiary/aromatic N) is 3. The normalized spacial score (nSPS) is 14.3. The number of thiazole rings is 1. The number of piperazine rings is 1. The Morgan fingerprint density at radius 3 is 2.48 bits per heavy atom. The van der Waals surface area contributed by atoms with E-state index in [0.29, 0.717) is 41.9 Å². The first-order valence-corrected chi connectivity index (χ1v) is 8.83. The Kier molecular flexibility index (Phi) is 5.30. The molecule has 0 saturated carbocycles. The fraction of sp³-hybridized carbons (Fsp3) is 0.250. The summed E-state index contributed by atoms with van der Waals surface area (Å²) < 4.78 is 0. The van der Waals surface area contributed by atoms with Crippen LogP contribution in [0.1, 0.15) is 20.8 Å². The molecule has 1 aliphatic rings. The van der Waals surface area contributed by atoms with Crippen LogP contribution in [-0.2, 0) is 4.79 Å². The van der Waals surface area contributed by atoms with Gasteiger partial charge in [0.15, 0.2) is 5.13 Å². The molecule has 1 saturated heterocycles. The molecule has 1 N–H and O–H groups in total. The first kappa shape index (κ1) is 17.4. The lowest BCUT2D eigenvalue weighted by Crippen LogP contribution is -2.48. The van der Waals surface area contributed by atoms with Crippen LogP contribution in [0.5, 0.6) is 0 Å². The molecule has 2 heterocycles. The summed E-state index contributed by atoms with van der Waals surface area (Å²) in [6.07, 6.45) is 0.787. The van der Waals surface area contributed by atoms with E-state index >= 15 is 0 Å². The SMILES string of the molecule is O=CN1CCN(C(=O)c2csc(NC(=O)c3ccc(Cl)cc3)n2)CC1. The Bertz CT molecular complexity index is 785. The lowest BCUT2D eigenvalue weighted by molar-refractivity contribution is -0.119. The molecule has 0 radical (unpaired) electrons. The van der Waals surface area contributed by atoms with E-state index < -0.39 is 0 Å². The van der Waals surface area contributed by atoms with E-state index in [4.69, 9.17) is 11.6 Å². The van der Waals surface area contributed by atoms with Gasteiger partial charge in [-0.1, -0.05) is 11.6 Å². The molecule has 25 heavy (non-hydrogen) atoms. The van der Waals surface area contributed by atoms with Gasteiger partial charge in [0.05, 0.1) is 0 Å². The third-order valence-corrected chi connectivity index (χ3v) is 4.81. The molecule has 7 nitrogen and oxygen atoms in total. The van der Waals surface area contributed by atoms with Gasteiger partial charge in [0, 0.05) is 42.1 Å². The van der Waals surface area contributed by atoms with Crippen molar-refractivity contribution in [2.24, 2.45) is 0 Å². The number of aromatic nitrogens is 1. The highest BCUT2D eigenvalue weighted by molar-refractivity contribution is 7.14. The van der Waals surface area contributed by atoms with E-state index in [1.54, 1.807) is 39.4 Å². The van der Waals surface area contributed by atoms with E-state index in [1.165, 1.54) is 11.3 Å². The van der Waals surface area contributed by atoms with Crippen LogP contribution in [-0.4, -0.2) is 59.2 Å². The number of hydrogen-bond acceptors (Lipinski definition) is 5. The number of anilines is 1. The average molecular weight is 379 g/mol. The summed E-state index contributed by atoms with van der Waals surface area (Å²) in [5.41, 5.74) is 0.744. The van der Waals surface area contributed by atoms with E-state index in [2.05, 4.69) is 10.3 Å². The zero-order chi connectivity index (χ0) is 17.8. The second-order valence-electron chi connectivity index (χ2n) is 5.43. The maximum absolute atomic E-state index is 12.4. The minimum atomic E-state index is -0.315. The van der Waals surface area contributed by atoms with Crippen LogP contribution >= 0.6 is 22.9 Å². The lowest BCUT2D eigenvalue weighted by atomic mass is 10.2. The zero-order valence-electron chi connectivity index (χ0n) is 13.1. The molecule has 0 spiro atoms. The standard InChI is InChI=1S/C16H15ClN4O3S/c17-12-3-1-11(2-4-12)14(23)19-16-18-13(9-25-16)15(24)21-7-5-20(10-22)6-8-21/h1-4,9-10H,5-8H2,(H,18,19,23). The van der Waals surface area contributed by atoms with Crippen LogP contribution in [0.2, 0.25) is 5.02 Å². The maximum atomic E-state index is 12.4. The summed E-state index contributed by atoms with van der Waals surface area (Å²) in [6, 6.07) is 6.49. The quantitative estimate of drug-likeness (QED) is 0.824. The van der Waals surface area contributed by atoms with Crippen molar-refractivity contribution in [3.63, 3.8) is 0 Å².